The zero-order valence-electron chi connectivity index (χ0n) is 6.31. The van der Waals surface area contributed by atoms with Crippen molar-refractivity contribution in [2.24, 2.45) is 7.05 Å². The molecule has 4 heteroatoms. The number of aromatic nitrogens is 2. The van der Waals surface area contributed by atoms with E-state index in [-0.39, 0.29) is 0 Å². The Morgan fingerprint density at radius 3 is 2.73 bits per heavy atom. The van der Waals surface area contributed by atoms with Crippen LogP contribution in [-0.4, -0.2) is 9.78 Å². The molecule has 0 radical (unpaired) electrons. The molecule has 0 N–H and O–H groups in total. The van der Waals surface area contributed by atoms with Crippen molar-refractivity contribution in [2.75, 3.05) is 0 Å². The van der Waals surface area contributed by atoms with Gasteiger partial charge in [-0.25, -0.2) is 0 Å². The average Bonchev–Trinajstić information content (AvgIpc) is 2.32. The lowest BCUT2D eigenvalue weighted by Gasteiger charge is -1.95. The molecule has 11 heavy (non-hydrogen) atoms. The molecule has 0 saturated carbocycles. The van der Waals surface area contributed by atoms with Crippen molar-refractivity contribution in [1.29, 1.82) is 0 Å². The summed E-state index contributed by atoms with van der Waals surface area (Å²) in [6.07, 6.45) is 1.69. The first-order valence-electron chi connectivity index (χ1n) is 3.11. The summed E-state index contributed by atoms with van der Waals surface area (Å²) >= 11 is 11.2. The van der Waals surface area contributed by atoms with Crippen molar-refractivity contribution >= 4 is 28.2 Å². The van der Waals surface area contributed by atoms with Gasteiger partial charge in [-0.05, 0) is 6.92 Å². The molecule has 0 amide bonds. The highest BCUT2D eigenvalue weighted by atomic mass is 35.5. The quantitative estimate of drug-likeness (QED) is 0.666. The third-order valence-corrected chi connectivity index (χ3v) is 2.23. The van der Waals surface area contributed by atoms with Crippen molar-refractivity contribution in [2.45, 2.75) is 6.92 Å². The van der Waals surface area contributed by atoms with Crippen molar-refractivity contribution in [3.63, 3.8) is 0 Å². The molecule has 1 aromatic rings. The van der Waals surface area contributed by atoms with E-state index < -0.39 is 0 Å². The Morgan fingerprint density at radius 2 is 2.36 bits per heavy atom. The number of halogens is 2. The van der Waals surface area contributed by atoms with Crippen LogP contribution < -0.4 is 0 Å². The molecule has 1 aromatic heterocycles. The first kappa shape index (κ1) is 8.62. The molecular formula is C7H8Cl2N2. The molecule has 0 fully saturated rings. The fraction of sp³-hybridized carbons (Fsp3) is 0.286. The van der Waals surface area contributed by atoms with E-state index in [2.05, 4.69) is 5.10 Å². The SMILES string of the molecule is Cc1c(C(Cl)=CCl)cnn1C. The van der Waals surface area contributed by atoms with Gasteiger partial charge in [-0.1, -0.05) is 23.2 Å². The number of hydrogen-bond donors (Lipinski definition) is 0. The smallest absolute Gasteiger partial charge is 0.0625 e. The minimum Gasteiger partial charge on any atom is -0.272 e. The lowest BCUT2D eigenvalue weighted by atomic mass is 10.2. The summed E-state index contributed by atoms with van der Waals surface area (Å²) < 4.78 is 1.75. The molecule has 0 aliphatic heterocycles. The average molecular weight is 191 g/mol. The largest absolute Gasteiger partial charge is 0.272 e. The molecule has 0 spiro atoms. The standard InChI is InChI=1S/C7H8Cl2N2/c1-5-6(7(9)3-8)4-10-11(5)2/h3-4H,1-2H3. The van der Waals surface area contributed by atoms with E-state index in [0.717, 1.165) is 11.3 Å². The second-order valence-corrected chi connectivity index (χ2v) is 2.85. The Hall–Kier alpha value is -0.470. The molecule has 0 atom stereocenters. The maximum absolute atomic E-state index is 5.79. The lowest BCUT2D eigenvalue weighted by Crippen LogP contribution is -1.92. The van der Waals surface area contributed by atoms with Crippen LogP contribution in [0.15, 0.2) is 11.7 Å². The summed E-state index contributed by atoms with van der Waals surface area (Å²) in [4.78, 5) is 0. The summed E-state index contributed by atoms with van der Waals surface area (Å²) in [5.41, 5.74) is 3.22. The first-order chi connectivity index (χ1) is 5.16. The van der Waals surface area contributed by atoms with Crippen LogP contribution in [0.2, 0.25) is 0 Å². The van der Waals surface area contributed by atoms with Gasteiger partial charge in [0.25, 0.3) is 0 Å². The van der Waals surface area contributed by atoms with Crippen LogP contribution in [-0.2, 0) is 7.05 Å². The summed E-state index contributed by atoms with van der Waals surface area (Å²) in [5.74, 6) is 0. The van der Waals surface area contributed by atoms with Crippen molar-refractivity contribution in [3.05, 3.63) is 23.0 Å². The van der Waals surface area contributed by atoms with Crippen LogP contribution in [0.5, 0.6) is 0 Å². The number of hydrogen-bond acceptors (Lipinski definition) is 1. The van der Waals surface area contributed by atoms with E-state index in [1.807, 2.05) is 14.0 Å². The topological polar surface area (TPSA) is 17.8 Å². The number of aryl methyl sites for hydroxylation is 1. The maximum atomic E-state index is 5.79. The van der Waals surface area contributed by atoms with Gasteiger partial charge in [0.05, 0.1) is 11.2 Å². The molecule has 0 bridgehead atoms. The van der Waals surface area contributed by atoms with E-state index in [1.165, 1.54) is 5.54 Å². The van der Waals surface area contributed by atoms with Crippen molar-refractivity contribution < 1.29 is 0 Å². The van der Waals surface area contributed by atoms with Crippen molar-refractivity contribution in [1.82, 2.24) is 9.78 Å². The highest BCUT2D eigenvalue weighted by molar-refractivity contribution is 6.53. The Labute approximate surface area is 75.4 Å². The third-order valence-electron chi connectivity index (χ3n) is 1.59. The van der Waals surface area contributed by atoms with Crippen LogP contribution in [0.4, 0.5) is 0 Å². The summed E-state index contributed by atoms with van der Waals surface area (Å²) in [5, 5.41) is 4.54. The lowest BCUT2D eigenvalue weighted by molar-refractivity contribution is 0.740. The molecule has 0 saturated heterocycles. The fourth-order valence-electron chi connectivity index (χ4n) is 0.792. The summed E-state index contributed by atoms with van der Waals surface area (Å²) in [6.45, 7) is 1.94. The van der Waals surface area contributed by atoms with E-state index in [1.54, 1.807) is 10.9 Å². The predicted molar refractivity (Wildman–Crippen MR) is 47.6 cm³/mol. The van der Waals surface area contributed by atoms with Gasteiger partial charge in [0.2, 0.25) is 0 Å². The summed E-state index contributed by atoms with van der Waals surface area (Å²) in [7, 11) is 1.86. The Bertz CT molecular complexity index is 289. The van der Waals surface area contributed by atoms with Crippen LogP contribution in [0, 0.1) is 6.92 Å². The molecule has 1 rings (SSSR count). The van der Waals surface area contributed by atoms with Gasteiger partial charge in [0.1, 0.15) is 0 Å². The Morgan fingerprint density at radius 1 is 1.73 bits per heavy atom. The normalized spacial score (nSPS) is 12.2. The van der Waals surface area contributed by atoms with Crippen LogP contribution in [0.25, 0.3) is 5.03 Å². The van der Waals surface area contributed by atoms with E-state index in [0.29, 0.717) is 5.03 Å². The maximum Gasteiger partial charge on any atom is 0.0625 e. The highest BCUT2D eigenvalue weighted by Gasteiger charge is 2.05. The minimum absolute atomic E-state index is 0.525. The fourth-order valence-corrected chi connectivity index (χ4v) is 1.10. The monoisotopic (exact) mass is 190 g/mol. The van der Waals surface area contributed by atoms with Gasteiger partial charge in [0.15, 0.2) is 0 Å². The Kier molecular flexibility index (Phi) is 2.58. The Balaban J connectivity index is 3.15. The van der Waals surface area contributed by atoms with Gasteiger partial charge < -0.3 is 0 Å². The second-order valence-electron chi connectivity index (χ2n) is 2.22. The molecule has 2 nitrogen and oxygen atoms in total. The summed E-state index contributed by atoms with van der Waals surface area (Å²) in [6, 6.07) is 0. The zero-order valence-corrected chi connectivity index (χ0v) is 7.82. The number of rotatable bonds is 1. The van der Waals surface area contributed by atoms with E-state index >= 15 is 0 Å². The van der Waals surface area contributed by atoms with E-state index in [4.69, 9.17) is 23.2 Å². The van der Waals surface area contributed by atoms with Gasteiger partial charge in [-0.3, -0.25) is 4.68 Å². The van der Waals surface area contributed by atoms with Crippen molar-refractivity contribution in [3.8, 4) is 0 Å². The first-order valence-corrected chi connectivity index (χ1v) is 3.93. The molecule has 0 aliphatic rings. The second kappa shape index (κ2) is 3.28. The highest BCUT2D eigenvalue weighted by Crippen LogP contribution is 2.21. The third kappa shape index (κ3) is 1.57. The van der Waals surface area contributed by atoms with Crippen LogP contribution >= 0.6 is 23.2 Å². The molecular weight excluding hydrogens is 183 g/mol. The van der Waals surface area contributed by atoms with Gasteiger partial charge in [-0.15, -0.1) is 0 Å². The van der Waals surface area contributed by atoms with Gasteiger partial charge >= 0.3 is 0 Å². The van der Waals surface area contributed by atoms with Gasteiger partial charge in [0, 0.05) is 23.8 Å². The van der Waals surface area contributed by atoms with Gasteiger partial charge in [-0.2, -0.15) is 5.10 Å². The molecule has 0 aliphatic carbocycles. The molecule has 0 unspecified atom stereocenters. The molecule has 1 heterocycles. The predicted octanol–water partition coefficient (Wildman–Crippen LogP) is 2.50. The van der Waals surface area contributed by atoms with E-state index in [9.17, 15) is 0 Å². The van der Waals surface area contributed by atoms with Crippen LogP contribution in [0.3, 0.4) is 0 Å². The van der Waals surface area contributed by atoms with Crippen LogP contribution in [0.1, 0.15) is 11.3 Å². The zero-order chi connectivity index (χ0) is 8.43. The molecule has 60 valence electrons. The number of nitrogens with zero attached hydrogens (tertiary/aromatic N) is 2. The molecule has 0 aromatic carbocycles. The minimum atomic E-state index is 0.525.